The van der Waals surface area contributed by atoms with Crippen LogP contribution in [0.1, 0.15) is 32.3 Å². The summed E-state index contributed by atoms with van der Waals surface area (Å²) >= 11 is 0. The molecule has 0 heterocycles. The monoisotopic (exact) mass is 312 g/mol. The van der Waals surface area contributed by atoms with E-state index in [1.807, 2.05) is 0 Å². The zero-order valence-electron chi connectivity index (χ0n) is 12.1. The topological polar surface area (TPSA) is 34.1 Å². The minimum atomic E-state index is -3.72. The van der Waals surface area contributed by atoms with Crippen molar-refractivity contribution in [2.45, 2.75) is 38.9 Å². The number of hydrogen-bond donors (Lipinski definition) is 0. The van der Waals surface area contributed by atoms with E-state index in [0.29, 0.717) is 5.56 Å². The SMILES string of the molecule is CC1=C(C)CC(S(=O)(=O)Cc2ccccc2)=C(C(F)F)C1. The Morgan fingerprint density at radius 1 is 1.05 bits per heavy atom. The first kappa shape index (κ1) is 15.9. The largest absolute Gasteiger partial charge is 0.261 e. The summed E-state index contributed by atoms with van der Waals surface area (Å²) < 4.78 is 51.4. The van der Waals surface area contributed by atoms with E-state index in [-0.39, 0.29) is 29.1 Å². The molecule has 0 amide bonds. The molecule has 1 aliphatic carbocycles. The van der Waals surface area contributed by atoms with E-state index in [4.69, 9.17) is 0 Å². The van der Waals surface area contributed by atoms with Crippen LogP contribution in [0.5, 0.6) is 0 Å². The lowest BCUT2D eigenvalue weighted by molar-refractivity contribution is 0.185. The molecule has 1 aliphatic rings. The number of rotatable bonds is 4. The molecule has 1 aromatic carbocycles. The molecule has 0 fully saturated rings. The predicted octanol–water partition coefficient (Wildman–Crippen LogP) is 4.25. The number of halogens is 2. The van der Waals surface area contributed by atoms with Crippen molar-refractivity contribution in [2.24, 2.45) is 0 Å². The van der Waals surface area contributed by atoms with Crippen molar-refractivity contribution in [2.75, 3.05) is 0 Å². The second-order valence-electron chi connectivity index (χ2n) is 5.41. The Balaban J connectivity index is 2.39. The van der Waals surface area contributed by atoms with Crippen molar-refractivity contribution < 1.29 is 17.2 Å². The molecule has 0 aromatic heterocycles. The minimum Gasteiger partial charge on any atom is -0.224 e. The van der Waals surface area contributed by atoms with Gasteiger partial charge in [-0.05, 0) is 25.8 Å². The molecule has 0 spiro atoms. The molecule has 0 bridgehead atoms. The van der Waals surface area contributed by atoms with Crippen LogP contribution in [0.4, 0.5) is 8.78 Å². The summed E-state index contributed by atoms with van der Waals surface area (Å²) in [5, 5.41) is 0. The first-order chi connectivity index (χ1) is 9.81. The fourth-order valence-electron chi connectivity index (χ4n) is 2.43. The molecule has 0 radical (unpaired) electrons. The lowest BCUT2D eigenvalue weighted by atomic mass is 9.93. The van der Waals surface area contributed by atoms with E-state index < -0.39 is 16.3 Å². The van der Waals surface area contributed by atoms with Crippen LogP contribution in [0.15, 0.2) is 52.0 Å². The van der Waals surface area contributed by atoms with Gasteiger partial charge in [0, 0.05) is 12.0 Å². The molecular formula is C16H18F2O2S. The zero-order valence-corrected chi connectivity index (χ0v) is 12.9. The molecule has 0 saturated heterocycles. The van der Waals surface area contributed by atoms with Crippen LogP contribution in [-0.4, -0.2) is 14.8 Å². The summed E-state index contributed by atoms with van der Waals surface area (Å²) in [5.74, 6) is -0.230. The summed E-state index contributed by atoms with van der Waals surface area (Å²) in [6.07, 6.45) is -2.58. The molecule has 0 N–H and O–H groups in total. The van der Waals surface area contributed by atoms with Crippen molar-refractivity contribution in [1.29, 1.82) is 0 Å². The van der Waals surface area contributed by atoms with Crippen LogP contribution >= 0.6 is 0 Å². The van der Waals surface area contributed by atoms with Gasteiger partial charge < -0.3 is 0 Å². The van der Waals surface area contributed by atoms with Crippen molar-refractivity contribution in [3.05, 3.63) is 57.5 Å². The number of sulfone groups is 1. The Labute approximate surface area is 124 Å². The number of alkyl halides is 2. The normalized spacial score (nSPS) is 16.8. The fourth-order valence-corrected chi connectivity index (χ4v) is 4.23. The van der Waals surface area contributed by atoms with Gasteiger partial charge in [0.05, 0.1) is 10.7 Å². The van der Waals surface area contributed by atoms with Gasteiger partial charge in [0.15, 0.2) is 9.84 Å². The van der Waals surface area contributed by atoms with Crippen LogP contribution in [-0.2, 0) is 15.6 Å². The highest BCUT2D eigenvalue weighted by Gasteiger charge is 2.30. The van der Waals surface area contributed by atoms with Gasteiger partial charge in [-0.25, -0.2) is 17.2 Å². The predicted molar refractivity (Wildman–Crippen MR) is 79.7 cm³/mol. The van der Waals surface area contributed by atoms with Crippen LogP contribution in [0.25, 0.3) is 0 Å². The van der Waals surface area contributed by atoms with Gasteiger partial charge in [-0.1, -0.05) is 41.5 Å². The van der Waals surface area contributed by atoms with E-state index in [2.05, 4.69) is 0 Å². The lowest BCUT2D eigenvalue weighted by Crippen LogP contribution is -2.17. The van der Waals surface area contributed by atoms with E-state index >= 15 is 0 Å². The lowest BCUT2D eigenvalue weighted by Gasteiger charge is -2.22. The van der Waals surface area contributed by atoms with Crippen LogP contribution < -0.4 is 0 Å². The van der Waals surface area contributed by atoms with Crippen LogP contribution in [0.2, 0.25) is 0 Å². The second kappa shape index (κ2) is 6.10. The highest BCUT2D eigenvalue weighted by Crippen LogP contribution is 2.36. The Hall–Kier alpha value is -1.49. The smallest absolute Gasteiger partial charge is 0.224 e. The van der Waals surface area contributed by atoms with Crippen LogP contribution in [0, 0.1) is 0 Å². The van der Waals surface area contributed by atoms with E-state index in [1.54, 1.807) is 44.2 Å². The third-order valence-electron chi connectivity index (χ3n) is 3.81. The molecule has 0 saturated carbocycles. The van der Waals surface area contributed by atoms with Crippen LogP contribution in [0.3, 0.4) is 0 Å². The zero-order chi connectivity index (χ0) is 15.6. The maximum atomic E-state index is 13.2. The molecule has 0 aliphatic heterocycles. The average molecular weight is 312 g/mol. The van der Waals surface area contributed by atoms with Gasteiger partial charge in [-0.3, -0.25) is 0 Å². The molecule has 0 atom stereocenters. The first-order valence-electron chi connectivity index (χ1n) is 6.73. The Bertz CT molecular complexity index is 686. The summed E-state index contributed by atoms with van der Waals surface area (Å²) in [6.45, 7) is 3.58. The molecule has 2 rings (SSSR count). The molecular weight excluding hydrogens is 294 g/mol. The third kappa shape index (κ3) is 3.59. The average Bonchev–Trinajstić information content (AvgIpc) is 2.41. The minimum absolute atomic E-state index is 0.0485. The Kier molecular flexibility index (Phi) is 4.61. The van der Waals surface area contributed by atoms with E-state index in [1.165, 1.54) is 0 Å². The summed E-state index contributed by atoms with van der Waals surface area (Å²) in [4.78, 5) is -0.0931. The number of hydrogen-bond acceptors (Lipinski definition) is 2. The van der Waals surface area contributed by atoms with Crippen molar-refractivity contribution in [3.8, 4) is 0 Å². The Morgan fingerprint density at radius 2 is 1.62 bits per heavy atom. The fraction of sp³-hybridized carbons (Fsp3) is 0.375. The number of benzene rings is 1. The first-order valence-corrected chi connectivity index (χ1v) is 8.38. The van der Waals surface area contributed by atoms with Gasteiger partial charge >= 0.3 is 0 Å². The molecule has 21 heavy (non-hydrogen) atoms. The molecule has 5 heteroatoms. The molecule has 114 valence electrons. The second-order valence-corrected chi connectivity index (χ2v) is 7.42. The quantitative estimate of drug-likeness (QED) is 0.779. The maximum absolute atomic E-state index is 13.2. The highest BCUT2D eigenvalue weighted by molar-refractivity contribution is 7.94. The summed E-state index contributed by atoms with van der Waals surface area (Å²) in [5.41, 5.74) is 2.08. The van der Waals surface area contributed by atoms with Gasteiger partial charge in [-0.15, -0.1) is 0 Å². The van der Waals surface area contributed by atoms with Gasteiger partial charge in [-0.2, -0.15) is 0 Å². The van der Waals surface area contributed by atoms with Gasteiger partial charge in [0.2, 0.25) is 0 Å². The van der Waals surface area contributed by atoms with Gasteiger partial charge in [0.1, 0.15) is 0 Å². The van der Waals surface area contributed by atoms with E-state index in [9.17, 15) is 17.2 Å². The standard InChI is InChI=1S/C16H18F2O2S/c1-11-8-14(16(17)18)15(9-12(11)2)21(19,20)10-13-6-4-3-5-7-13/h3-7,16H,8-10H2,1-2H3. The Morgan fingerprint density at radius 3 is 2.19 bits per heavy atom. The molecule has 1 aromatic rings. The van der Waals surface area contributed by atoms with Gasteiger partial charge in [0.25, 0.3) is 6.43 Å². The van der Waals surface area contributed by atoms with Crippen molar-refractivity contribution in [1.82, 2.24) is 0 Å². The number of allylic oxidation sites excluding steroid dienone is 4. The summed E-state index contributed by atoms with van der Waals surface area (Å²) in [7, 11) is -3.72. The van der Waals surface area contributed by atoms with Crippen molar-refractivity contribution >= 4 is 9.84 Å². The summed E-state index contributed by atoms with van der Waals surface area (Å²) in [6, 6.07) is 8.65. The molecule has 2 nitrogen and oxygen atoms in total. The maximum Gasteiger partial charge on any atom is 0.261 e. The van der Waals surface area contributed by atoms with Crippen molar-refractivity contribution in [3.63, 3.8) is 0 Å². The highest BCUT2D eigenvalue weighted by atomic mass is 32.2. The third-order valence-corrected chi connectivity index (χ3v) is 5.68. The molecule has 0 unspecified atom stereocenters. The van der Waals surface area contributed by atoms with E-state index in [0.717, 1.165) is 11.1 Å².